The quantitative estimate of drug-likeness (QED) is 0.766. The molecule has 7 nitrogen and oxygen atoms in total. The van der Waals surface area contributed by atoms with Crippen molar-refractivity contribution in [3.63, 3.8) is 0 Å². The summed E-state index contributed by atoms with van der Waals surface area (Å²) in [5.74, 6) is 0.0126. The Morgan fingerprint density at radius 3 is 2.56 bits per heavy atom. The summed E-state index contributed by atoms with van der Waals surface area (Å²) in [5.41, 5.74) is 5.25. The number of nitriles is 1. The molecule has 0 aromatic carbocycles. The first-order chi connectivity index (χ1) is 7.48. The van der Waals surface area contributed by atoms with E-state index in [2.05, 4.69) is 9.97 Å². The summed E-state index contributed by atoms with van der Waals surface area (Å²) in [5, 5.41) is 8.38. The third kappa shape index (κ3) is 2.65. The number of sulfonamides is 1. The lowest BCUT2D eigenvalue weighted by atomic mass is 10.5. The van der Waals surface area contributed by atoms with Crippen LogP contribution >= 0.6 is 0 Å². The third-order valence-electron chi connectivity index (χ3n) is 1.89. The molecule has 2 N–H and O–H groups in total. The highest BCUT2D eigenvalue weighted by atomic mass is 32.2. The summed E-state index contributed by atoms with van der Waals surface area (Å²) in [6.07, 6.45) is 2.41. The second kappa shape index (κ2) is 4.87. The van der Waals surface area contributed by atoms with Crippen LogP contribution in [0.15, 0.2) is 17.3 Å². The molecule has 1 aromatic heterocycles. The summed E-state index contributed by atoms with van der Waals surface area (Å²) in [6.45, 7) is 0.128. The van der Waals surface area contributed by atoms with E-state index in [4.69, 9.17) is 11.0 Å². The summed E-state index contributed by atoms with van der Waals surface area (Å²) >= 11 is 0. The maximum atomic E-state index is 11.8. The highest BCUT2D eigenvalue weighted by Gasteiger charge is 2.20. The fourth-order valence-corrected chi connectivity index (χ4v) is 2.03. The summed E-state index contributed by atoms with van der Waals surface area (Å²) in [7, 11) is -2.23. The molecule has 0 bridgehead atoms. The molecule has 1 aromatic rings. The number of aromatic nitrogens is 2. The van der Waals surface area contributed by atoms with E-state index in [0.717, 1.165) is 16.7 Å². The van der Waals surface area contributed by atoms with Crippen LogP contribution in [0.25, 0.3) is 0 Å². The molecule has 0 unspecified atom stereocenters. The number of nitrogens with zero attached hydrogens (tertiary/aromatic N) is 4. The largest absolute Gasteiger partial charge is 0.368 e. The smallest absolute Gasteiger partial charge is 0.245 e. The van der Waals surface area contributed by atoms with Crippen LogP contribution in [0.3, 0.4) is 0 Å². The highest BCUT2D eigenvalue weighted by molar-refractivity contribution is 7.89. The van der Waals surface area contributed by atoms with E-state index in [0.29, 0.717) is 0 Å². The number of nitrogens with two attached hydrogens (primary N) is 1. The van der Waals surface area contributed by atoms with Crippen molar-refractivity contribution in [2.45, 2.75) is 11.3 Å². The molecule has 0 amide bonds. The highest BCUT2D eigenvalue weighted by Crippen LogP contribution is 2.12. The first-order valence-corrected chi connectivity index (χ1v) is 5.83. The fraction of sp³-hybridized carbons (Fsp3) is 0.375. The minimum absolute atomic E-state index is 0.0126. The van der Waals surface area contributed by atoms with Gasteiger partial charge in [-0.25, -0.2) is 18.4 Å². The van der Waals surface area contributed by atoms with Crippen LogP contribution in [-0.2, 0) is 10.0 Å². The van der Waals surface area contributed by atoms with Gasteiger partial charge in [0.05, 0.1) is 18.5 Å². The van der Waals surface area contributed by atoms with E-state index in [1.54, 1.807) is 0 Å². The summed E-state index contributed by atoms with van der Waals surface area (Å²) in [6, 6.07) is 1.87. The molecular formula is C8H11N5O2S. The van der Waals surface area contributed by atoms with E-state index in [1.807, 2.05) is 6.07 Å². The Labute approximate surface area is 93.6 Å². The van der Waals surface area contributed by atoms with Crippen molar-refractivity contribution in [3.8, 4) is 6.07 Å². The van der Waals surface area contributed by atoms with Crippen LogP contribution in [0.2, 0.25) is 0 Å². The van der Waals surface area contributed by atoms with Crippen molar-refractivity contribution in [1.82, 2.24) is 14.3 Å². The van der Waals surface area contributed by atoms with E-state index < -0.39 is 10.0 Å². The van der Waals surface area contributed by atoms with Gasteiger partial charge in [0.1, 0.15) is 4.90 Å². The average molecular weight is 241 g/mol. The van der Waals surface area contributed by atoms with Crippen LogP contribution in [0, 0.1) is 11.3 Å². The molecule has 0 spiro atoms. The standard InChI is InChI=1S/C8H11N5O2S/c1-13(4-2-3-9)16(14,15)7-5-11-8(10)12-6-7/h5-6H,2,4H2,1H3,(H2,10,11,12). The lowest BCUT2D eigenvalue weighted by Gasteiger charge is -2.14. The molecular weight excluding hydrogens is 230 g/mol. The van der Waals surface area contributed by atoms with Gasteiger partial charge in [-0.3, -0.25) is 0 Å². The molecule has 86 valence electrons. The number of hydrogen-bond donors (Lipinski definition) is 1. The van der Waals surface area contributed by atoms with Crippen molar-refractivity contribution in [1.29, 1.82) is 5.26 Å². The molecule has 0 aliphatic carbocycles. The minimum atomic E-state index is -3.63. The zero-order chi connectivity index (χ0) is 12.2. The van der Waals surface area contributed by atoms with Gasteiger partial charge in [0.25, 0.3) is 0 Å². The number of hydrogen-bond acceptors (Lipinski definition) is 6. The van der Waals surface area contributed by atoms with E-state index in [-0.39, 0.29) is 23.8 Å². The van der Waals surface area contributed by atoms with Crippen molar-refractivity contribution >= 4 is 16.0 Å². The molecule has 0 aliphatic heterocycles. The Bertz CT molecular complexity index is 490. The second-order valence-corrected chi connectivity index (χ2v) is 5.06. The lowest BCUT2D eigenvalue weighted by Crippen LogP contribution is -2.28. The van der Waals surface area contributed by atoms with Crippen molar-refractivity contribution < 1.29 is 8.42 Å². The monoisotopic (exact) mass is 241 g/mol. The average Bonchev–Trinajstić information content (AvgIpc) is 2.26. The zero-order valence-corrected chi connectivity index (χ0v) is 9.48. The zero-order valence-electron chi connectivity index (χ0n) is 8.66. The number of anilines is 1. The summed E-state index contributed by atoms with van der Waals surface area (Å²) < 4.78 is 24.8. The minimum Gasteiger partial charge on any atom is -0.368 e. The van der Waals surface area contributed by atoms with Crippen molar-refractivity contribution in [2.24, 2.45) is 0 Å². The van der Waals surface area contributed by atoms with Gasteiger partial charge in [-0.15, -0.1) is 0 Å². The van der Waals surface area contributed by atoms with Crippen LogP contribution in [0.4, 0.5) is 5.95 Å². The van der Waals surface area contributed by atoms with Crippen LogP contribution in [-0.4, -0.2) is 36.3 Å². The SMILES string of the molecule is CN(CCC#N)S(=O)(=O)c1cnc(N)nc1. The first kappa shape index (κ1) is 12.4. The van der Waals surface area contributed by atoms with Crippen LogP contribution in [0.5, 0.6) is 0 Å². The molecule has 0 fully saturated rings. The molecule has 8 heteroatoms. The Balaban J connectivity index is 2.94. The molecule has 0 radical (unpaired) electrons. The Morgan fingerprint density at radius 2 is 2.06 bits per heavy atom. The number of nitrogen functional groups attached to an aromatic ring is 1. The third-order valence-corrected chi connectivity index (χ3v) is 3.70. The van der Waals surface area contributed by atoms with Crippen LogP contribution in [0.1, 0.15) is 6.42 Å². The molecule has 0 saturated heterocycles. The summed E-state index contributed by atoms with van der Waals surface area (Å²) in [4.78, 5) is 7.17. The van der Waals surface area contributed by atoms with E-state index in [9.17, 15) is 8.42 Å². The second-order valence-electron chi connectivity index (χ2n) is 3.01. The van der Waals surface area contributed by atoms with Gasteiger partial charge in [0.15, 0.2) is 0 Å². The Morgan fingerprint density at radius 1 is 1.50 bits per heavy atom. The van der Waals surface area contributed by atoms with E-state index in [1.165, 1.54) is 7.05 Å². The van der Waals surface area contributed by atoms with Gasteiger partial charge in [0, 0.05) is 20.0 Å². The predicted molar refractivity (Wildman–Crippen MR) is 56.5 cm³/mol. The normalized spacial score (nSPS) is 11.3. The lowest BCUT2D eigenvalue weighted by molar-refractivity contribution is 0.476. The van der Waals surface area contributed by atoms with Crippen LogP contribution < -0.4 is 5.73 Å². The van der Waals surface area contributed by atoms with Crippen molar-refractivity contribution in [3.05, 3.63) is 12.4 Å². The van der Waals surface area contributed by atoms with Gasteiger partial charge in [-0.05, 0) is 0 Å². The maximum absolute atomic E-state index is 11.8. The van der Waals surface area contributed by atoms with Gasteiger partial charge in [0.2, 0.25) is 16.0 Å². The van der Waals surface area contributed by atoms with E-state index >= 15 is 0 Å². The first-order valence-electron chi connectivity index (χ1n) is 4.39. The molecule has 0 saturated carbocycles. The molecule has 0 atom stereocenters. The topological polar surface area (TPSA) is 113 Å². The fourth-order valence-electron chi connectivity index (χ4n) is 0.967. The molecule has 0 aliphatic rings. The van der Waals surface area contributed by atoms with Gasteiger partial charge >= 0.3 is 0 Å². The Kier molecular flexibility index (Phi) is 3.76. The molecule has 1 rings (SSSR count). The van der Waals surface area contributed by atoms with Gasteiger partial charge < -0.3 is 5.73 Å². The van der Waals surface area contributed by atoms with Gasteiger partial charge in [-0.1, -0.05) is 0 Å². The maximum Gasteiger partial charge on any atom is 0.245 e. The molecule has 1 heterocycles. The predicted octanol–water partition coefficient (Wildman–Crippen LogP) is -0.407. The van der Waals surface area contributed by atoms with Gasteiger partial charge in [-0.2, -0.15) is 9.57 Å². The Hall–Kier alpha value is -1.72. The van der Waals surface area contributed by atoms with Crippen molar-refractivity contribution in [2.75, 3.05) is 19.3 Å². The molecule has 16 heavy (non-hydrogen) atoms. The number of rotatable bonds is 4.